The number of rotatable bonds is 7. The molecule has 2 atom stereocenters. The van der Waals surface area contributed by atoms with Gasteiger partial charge in [-0.2, -0.15) is 0 Å². The number of carbonyl (C=O) groups is 2. The highest BCUT2D eigenvalue weighted by Gasteiger charge is 2.32. The van der Waals surface area contributed by atoms with Crippen molar-refractivity contribution in [3.63, 3.8) is 0 Å². The molecule has 1 fully saturated rings. The average molecular weight is 269 g/mol. The van der Waals surface area contributed by atoms with E-state index in [9.17, 15) is 9.59 Å². The molecule has 5 heteroatoms. The van der Waals surface area contributed by atoms with Crippen LogP contribution in [0.2, 0.25) is 0 Å². The lowest BCUT2D eigenvalue weighted by Gasteiger charge is -2.30. The molecule has 1 N–H and O–H groups in total. The van der Waals surface area contributed by atoms with Gasteiger partial charge in [-0.1, -0.05) is 12.5 Å². The van der Waals surface area contributed by atoms with Gasteiger partial charge in [0.1, 0.15) is 0 Å². The van der Waals surface area contributed by atoms with E-state index in [1.807, 2.05) is 0 Å². The normalized spacial score (nSPS) is 22.8. The van der Waals surface area contributed by atoms with Gasteiger partial charge in [0, 0.05) is 26.1 Å². The van der Waals surface area contributed by atoms with Gasteiger partial charge in [0.05, 0.1) is 12.5 Å². The highest BCUT2D eigenvalue weighted by Crippen LogP contribution is 2.30. The van der Waals surface area contributed by atoms with Crippen LogP contribution in [0.5, 0.6) is 0 Å². The fraction of sp³-hybridized carbons (Fsp3) is 0.714. The Labute approximate surface area is 114 Å². The van der Waals surface area contributed by atoms with Crippen molar-refractivity contribution >= 4 is 11.9 Å². The standard InChI is InChI=1S/C14H23NO4/c1-3-7-15(8-9-19-2)13(16)11-5-4-6-12(10-11)14(17)18/h3,11-12H,1,4-10H2,2H3,(H,17,18). The molecule has 1 aliphatic carbocycles. The molecule has 0 spiro atoms. The molecule has 0 aliphatic heterocycles. The van der Waals surface area contributed by atoms with Gasteiger partial charge in [0.25, 0.3) is 0 Å². The Balaban J connectivity index is 2.61. The van der Waals surface area contributed by atoms with E-state index in [0.29, 0.717) is 32.5 Å². The van der Waals surface area contributed by atoms with Crippen LogP contribution in [-0.2, 0) is 14.3 Å². The molecule has 0 bridgehead atoms. The summed E-state index contributed by atoms with van der Waals surface area (Å²) in [7, 11) is 1.59. The van der Waals surface area contributed by atoms with Crippen LogP contribution in [-0.4, -0.2) is 48.7 Å². The minimum atomic E-state index is -0.787. The van der Waals surface area contributed by atoms with Gasteiger partial charge in [-0.15, -0.1) is 6.58 Å². The summed E-state index contributed by atoms with van der Waals surface area (Å²) in [5, 5.41) is 9.06. The van der Waals surface area contributed by atoms with Gasteiger partial charge in [-0.25, -0.2) is 0 Å². The Morgan fingerprint density at radius 2 is 2.11 bits per heavy atom. The summed E-state index contributed by atoms with van der Waals surface area (Å²) >= 11 is 0. The number of hydrogen-bond donors (Lipinski definition) is 1. The largest absolute Gasteiger partial charge is 0.481 e. The van der Waals surface area contributed by atoms with E-state index in [0.717, 1.165) is 12.8 Å². The second-order valence-electron chi connectivity index (χ2n) is 4.96. The van der Waals surface area contributed by atoms with Crippen LogP contribution in [0.4, 0.5) is 0 Å². The first-order chi connectivity index (χ1) is 9.10. The zero-order chi connectivity index (χ0) is 14.3. The van der Waals surface area contributed by atoms with Crippen LogP contribution in [0.1, 0.15) is 25.7 Å². The third kappa shape index (κ3) is 4.67. The molecule has 1 amide bonds. The Morgan fingerprint density at radius 1 is 1.42 bits per heavy atom. The summed E-state index contributed by atoms with van der Waals surface area (Å²) in [6, 6.07) is 0. The summed E-state index contributed by atoms with van der Waals surface area (Å²) in [6.07, 6.45) is 4.40. The fourth-order valence-corrected chi connectivity index (χ4v) is 2.55. The van der Waals surface area contributed by atoms with Crippen molar-refractivity contribution in [2.45, 2.75) is 25.7 Å². The molecule has 5 nitrogen and oxygen atoms in total. The third-order valence-electron chi connectivity index (χ3n) is 3.60. The molecule has 0 heterocycles. The number of methoxy groups -OCH3 is 1. The number of hydrogen-bond acceptors (Lipinski definition) is 3. The summed E-state index contributed by atoms with van der Waals surface area (Å²) in [6.45, 7) is 5.14. The number of carboxylic acids is 1. The van der Waals surface area contributed by atoms with Gasteiger partial charge in [-0.3, -0.25) is 9.59 Å². The van der Waals surface area contributed by atoms with Gasteiger partial charge in [-0.05, 0) is 19.3 Å². The predicted octanol–water partition coefficient (Wildman–Crippen LogP) is 1.54. The Bertz CT molecular complexity index is 329. The van der Waals surface area contributed by atoms with Crippen LogP contribution in [0.3, 0.4) is 0 Å². The number of carbonyl (C=O) groups excluding carboxylic acids is 1. The summed E-state index contributed by atoms with van der Waals surface area (Å²) in [4.78, 5) is 25.1. The van der Waals surface area contributed by atoms with E-state index in [4.69, 9.17) is 9.84 Å². The fourth-order valence-electron chi connectivity index (χ4n) is 2.55. The first-order valence-corrected chi connectivity index (χ1v) is 6.71. The van der Waals surface area contributed by atoms with Crippen LogP contribution in [0.15, 0.2) is 12.7 Å². The molecule has 2 unspecified atom stereocenters. The Hall–Kier alpha value is -1.36. The molecule has 1 saturated carbocycles. The van der Waals surface area contributed by atoms with E-state index in [1.165, 1.54) is 0 Å². The van der Waals surface area contributed by atoms with Crippen molar-refractivity contribution < 1.29 is 19.4 Å². The maximum atomic E-state index is 12.4. The number of aliphatic carboxylic acids is 1. The number of carboxylic acid groups (broad SMARTS) is 1. The molecular weight excluding hydrogens is 246 g/mol. The molecule has 0 radical (unpaired) electrons. The SMILES string of the molecule is C=CCN(CCOC)C(=O)C1CCCC(C(=O)O)C1. The van der Waals surface area contributed by atoms with E-state index in [-0.39, 0.29) is 17.7 Å². The maximum absolute atomic E-state index is 12.4. The first kappa shape index (κ1) is 15.7. The molecular formula is C14H23NO4. The van der Waals surface area contributed by atoms with Crippen LogP contribution in [0, 0.1) is 11.8 Å². The minimum absolute atomic E-state index is 0.0305. The van der Waals surface area contributed by atoms with Crippen molar-refractivity contribution in [3.8, 4) is 0 Å². The highest BCUT2D eigenvalue weighted by molar-refractivity contribution is 5.80. The molecule has 0 aromatic heterocycles. The average Bonchev–Trinajstić information content (AvgIpc) is 2.42. The Morgan fingerprint density at radius 3 is 2.68 bits per heavy atom. The summed E-state index contributed by atoms with van der Waals surface area (Å²) in [5.74, 6) is -1.31. The van der Waals surface area contributed by atoms with E-state index < -0.39 is 5.97 Å². The highest BCUT2D eigenvalue weighted by atomic mass is 16.5. The molecule has 0 aromatic rings. The second kappa shape index (κ2) is 7.94. The molecule has 0 saturated heterocycles. The summed E-state index contributed by atoms with van der Waals surface area (Å²) in [5.41, 5.74) is 0. The van der Waals surface area contributed by atoms with Gasteiger partial charge in [0.15, 0.2) is 0 Å². The van der Waals surface area contributed by atoms with Crippen molar-refractivity contribution in [2.75, 3.05) is 26.8 Å². The quantitative estimate of drug-likeness (QED) is 0.712. The van der Waals surface area contributed by atoms with Crippen molar-refractivity contribution in [2.24, 2.45) is 11.8 Å². The van der Waals surface area contributed by atoms with Crippen LogP contribution < -0.4 is 0 Å². The molecule has 19 heavy (non-hydrogen) atoms. The lowest BCUT2D eigenvalue weighted by molar-refractivity contribution is -0.145. The second-order valence-corrected chi connectivity index (χ2v) is 4.96. The van der Waals surface area contributed by atoms with Gasteiger partial charge >= 0.3 is 5.97 Å². The smallest absolute Gasteiger partial charge is 0.306 e. The number of ether oxygens (including phenoxy) is 1. The monoisotopic (exact) mass is 269 g/mol. The van der Waals surface area contributed by atoms with Gasteiger partial charge in [0.2, 0.25) is 5.91 Å². The topological polar surface area (TPSA) is 66.8 Å². The lowest BCUT2D eigenvalue weighted by atomic mass is 9.80. The summed E-state index contributed by atoms with van der Waals surface area (Å²) < 4.78 is 4.99. The van der Waals surface area contributed by atoms with Gasteiger partial charge < -0.3 is 14.7 Å². The van der Waals surface area contributed by atoms with Crippen molar-refractivity contribution in [1.29, 1.82) is 0 Å². The van der Waals surface area contributed by atoms with E-state index >= 15 is 0 Å². The molecule has 1 rings (SSSR count). The first-order valence-electron chi connectivity index (χ1n) is 6.71. The predicted molar refractivity (Wildman–Crippen MR) is 71.7 cm³/mol. The van der Waals surface area contributed by atoms with E-state index in [1.54, 1.807) is 18.1 Å². The minimum Gasteiger partial charge on any atom is -0.481 e. The number of amides is 1. The lowest BCUT2D eigenvalue weighted by Crippen LogP contribution is -2.40. The third-order valence-corrected chi connectivity index (χ3v) is 3.60. The Kier molecular flexibility index (Phi) is 6.56. The van der Waals surface area contributed by atoms with Crippen LogP contribution >= 0.6 is 0 Å². The van der Waals surface area contributed by atoms with Crippen molar-refractivity contribution in [1.82, 2.24) is 4.90 Å². The zero-order valence-corrected chi connectivity index (χ0v) is 11.5. The number of nitrogens with zero attached hydrogens (tertiary/aromatic N) is 1. The molecule has 1 aliphatic rings. The van der Waals surface area contributed by atoms with E-state index in [2.05, 4.69) is 6.58 Å². The maximum Gasteiger partial charge on any atom is 0.306 e. The molecule has 108 valence electrons. The zero-order valence-electron chi connectivity index (χ0n) is 11.5. The van der Waals surface area contributed by atoms with Crippen LogP contribution in [0.25, 0.3) is 0 Å². The van der Waals surface area contributed by atoms with Crippen molar-refractivity contribution in [3.05, 3.63) is 12.7 Å². The molecule has 0 aromatic carbocycles.